The van der Waals surface area contributed by atoms with Gasteiger partial charge in [-0.15, -0.1) is 0 Å². The van der Waals surface area contributed by atoms with E-state index in [2.05, 4.69) is 23.9 Å². The van der Waals surface area contributed by atoms with E-state index in [0.717, 1.165) is 26.7 Å². The zero-order chi connectivity index (χ0) is 13.4. The maximum Gasteiger partial charge on any atom is 0.0990 e. The van der Waals surface area contributed by atoms with Crippen molar-refractivity contribution >= 4 is 0 Å². The highest BCUT2D eigenvalue weighted by Gasteiger charge is 2.30. The lowest BCUT2D eigenvalue weighted by Gasteiger charge is -2.42. The topological polar surface area (TPSA) is 24.9 Å². The van der Waals surface area contributed by atoms with Gasteiger partial charge in [-0.05, 0) is 40.8 Å². The Morgan fingerprint density at radius 3 is 1.56 bits per heavy atom. The van der Waals surface area contributed by atoms with E-state index in [4.69, 9.17) is 9.47 Å². The van der Waals surface area contributed by atoms with E-state index < -0.39 is 0 Å². The molecule has 0 heterocycles. The van der Waals surface area contributed by atoms with Crippen molar-refractivity contribution < 1.29 is 9.47 Å². The summed E-state index contributed by atoms with van der Waals surface area (Å²) in [5.74, 6) is 0. The smallest absolute Gasteiger partial charge is 0.0990 e. The van der Waals surface area contributed by atoms with Crippen LogP contribution in [0.3, 0.4) is 0 Å². The molecule has 0 bridgehead atoms. The van der Waals surface area contributed by atoms with Gasteiger partial charge in [0.05, 0.1) is 13.5 Å². The molecule has 4 nitrogen and oxygen atoms in total. The SMILES string of the molecule is CCOCN(C)C1CCCCC1N(C)COCC. The first-order valence-corrected chi connectivity index (χ1v) is 7.26. The van der Waals surface area contributed by atoms with Crippen molar-refractivity contribution in [3.63, 3.8) is 0 Å². The maximum absolute atomic E-state index is 5.53. The molecule has 0 aromatic rings. The molecule has 0 amide bonds. The van der Waals surface area contributed by atoms with E-state index >= 15 is 0 Å². The maximum atomic E-state index is 5.53. The Labute approximate surface area is 112 Å². The lowest BCUT2D eigenvalue weighted by molar-refractivity contribution is -0.0409. The summed E-state index contributed by atoms with van der Waals surface area (Å²) in [7, 11) is 4.35. The molecule has 0 N–H and O–H groups in total. The van der Waals surface area contributed by atoms with Gasteiger partial charge in [0.15, 0.2) is 0 Å². The Bertz CT molecular complexity index is 192. The third kappa shape index (κ3) is 4.84. The van der Waals surface area contributed by atoms with Crippen LogP contribution in [0.1, 0.15) is 39.5 Å². The van der Waals surface area contributed by atoms with Gasteiger partial charge in [0.25, 0.3) is 0 Å². The fourth-order valence-electron chi connectivity index (χ4n) is 2.78. The first kappa shape index (κ1) is 15.9. The number of likely N-dealkylation sites (N-methyl/N-ethyl adjacent to an activating group) is 2. The van der Waals surface area contributed by atoms with Gasteiger partial charge in [0, 0.05) is 25.3 Å². The lowest BCUT2D eigenvalue weighted by Crippen LogP contribution is -2.52. The Balaban J connectivity index is 2.49. The summed E-state index contributed by atoms with van der Waals surface area (Å²) in [6, 6.07) is 1.19. The average Bonchev–Trinajstić information content (AvgIpc) is 2.42. The summed E-state index contributed by atoms with van der Waals surface area (Å²) in [4.78, 5) is 4.71. The molecule has 1 aliphatic carbocycles. The Kier molecular flexibility index (Phi) is 7.82. The molecule has 1 saturated carbocycles. The molecule has 2 unspecified atom stereocenters. The second-order valence-corrected chi connectivity index (χ2v) is 5.18. The molecule has 1 aliphatic rings. The zero-order valence-corrected chi connectivity index (χ0v) is 12.5. The molecule has 0 aliphatic heterocycles. The normalized spacial score (nSPS) is 25.0. The number of nitrogens with zero attached hydrogens (tertiary/aromatic N) is 2. The monoisotopic (exact) mass is 258 g/mol. The van der Waals surface area contributed by atoms with Gasteiger partial charge in [-0.2, -0.15) is 0 Å². The van der Waals surface area contributed by atoms with Crippen molar-refractivity contribution in [3.8, 4) is 0 Å². The van der Waals surface area contributed by atoms with Crippen molar-refractivity contribution in [2.24, 2.45) is 0 Å². The Morgan fingerprint density at radius 1 is 0.833 bits per heavy atom. The van der Waals surface area contributed by atoms with Gasteiger partial charge < -0.3 is 9.47 Å². The molecule has 0 spiro atoms. The van der Waals surface area contributed by atoms with Crippen LogP contribution >= 0.6 is 0 Å². The molecule has 18 heavy (non-hydrogen) atoms. The minimum absolute atomic E-state index is 0.593. The molecule has 4 heteroatoms. The second kappa shape index (κ2) is 8.86. The zero-order valence-electron chi connectivity index (χ0n) is 12.5. The summed E-state index contributed by atoms with van der Waals surface area (Å²) >= 11 is 0. The van der Waals surface area contributed by atoms with Crippen molar-refractivity contribution in [2.75, 3.05) is 40.8 Å². The van der Waals surface area contributed by atoms with Crippen LogP contribution in [-0.4, -0.2) is 62.7 Å². The summed E-state index contributed by atoms with van der Waals surface area (Å²) in [6.45, 7) is 7.15. The molecule has 0 aromatic heterocycles. The molecule has 0 aromatic carbocycles. The van der Waals surface area contributed by atoms with Crippen LogP contribution in [0, 0.1) is 0 Å². The molecule has 2 atom stereocenters. The summed E-state index contributed by atoms with van der Waals surface area (Å²) in [5.41, 5.74) is 0. The number of ether oxygens (including phenoxy) is 2. The van der Waals surface area contributed by atoms with Gasteiger partial charge in [0.2, 0.25) is 0 Å². The molecular weight excluding hydrogens is 228 g/mol. The van der Waals surface area contributed by atoms with Crippen LogP contribution in [0.2, 0.25) is 0 Å². The molecule has 0 saturated heterocycles. The van der Waals surface area contributed by atoms with Gasteiger partial charge in [0.1, 0.15) is 0 Å². The van der Waals surface area contributed by atoms with E-state index in [1.54, 1.807) is 0 Å². The third-order valence-electron chi connectivity index (χ3n) is 3.82. The predicted molar refractivity (Wildman–Crippen MR) is 74.6 cm³/mol. The van der Waals surface area contributed by atoms with E-state index in [1.807, 2.05) is 13.8 Å². The summed E-state index contributed by atoms with van der Waals surface area (Å²) < 4.78 is 11.1. The highest BCUT2D eigenvalue weighted by molar-refractivity contribution is 4.86. The average molecular weight is 258 g/mol. The van der Waals surface area contributed by atoms with Crippen LogP contribution in [0.4, 0.5) is 0 Å². The van der Waals surface area contributed by atoms with Gasteiger partial charge in [-0.1, -0.05) is 12.8 Å². The molecule has 108 valence electrons. The fraction of sp³-hybridized carbons (Fsp3) is 1.00. The van der Waals surface area contributed by atoms with E-state index in [1.165, 1.54) is 25.7 Å². The van der Waals surface area contributed by atoms with Gasteiger partial charge >= 0.3 is 0 Å². The van der Waals surface area contributed by atoms with Crippen molar-refractivity contribution in [1.29, 1.82) is 0 Å². The van der Waals surface area contributed by atoms with Crippen molar-refractivity contribution in [3.05, 3.63) is 0 Å². The van der Waals surface area contributed by atoms with Crippen LogP contribution in [0.25, 0.3) is 0 Å². The second-order valence-electron chi connectivity index (χ2n) is 5.18. The third-order valence-corrected chi connectivity index (χ3v) is 3.82. The molecule has 0 radical (unpaired) electrons. The Hall–Kier alpha value is -0.160. The predicted octanol–water partition coefficient (Wildman–Crippen LogP) is 2.15. The molecule has 1 rings (SSSR count). The van der Waals surface area contributed by atoms with Crippen LogP contribution in [0.15, 0.2) is 0 Å². The van der Waals surface area contributed by atoms with Crippen LogP contribution < -0.4 is 0 Å². The summed E-state index contributed by atoms with van der Waals surface area (Å²) in [5, 5.41) is 0. The fourth-order valence-corrected chi connectivity index (χ4v) is 2.78. The van der Waals surface area contributed by atoms with E-state index in [0.29, 0.717) is 12.1 Å². The molecule has 1 fully saturated rings. The quantitative estimate of drug-likeness (QED) is 0.623. The minimum Gasteiger partial charge on any atom is -0.366 e. The van der Waals surface area contributed by atoms with Gasteiger partial charge in [-0.25, -0.2) is 0 Å². The minimum atomic E-state index is 0.593. The van der Waals surface area contributed by atoms with Crippen LogP contribution in [-0.2, 0) is 9.47 Å². The van der Waals surface area contributed by atoms with Crippen molar-refractivity contribution in [1.82, 2.24) is 9.80 Å². The number of rotatable bonds is 8. The molecular formula is C14H30N2O2. The highest BCUT2D eigenvalue weighted by atomic mass is 16.5. The van der Waals surface area contributed by atoms with Gasteiger partial charge in [-0.3, -0.25) is 9.80 Å². The van der Waals surface area contributed by atoms with Crippen LogP contribution in [0.5, 0.6) is 0 Å². The number of hydrogen-bond donors (Lipinski definition) is 0. The summed E-state index contributed by atoms with van der Waals surface area (Å²) in [6.07, 6.45) is 5.20. The number of hydrogen-bond acceptors (Lipinski definition) is 4. The van der Waals surface area contributed by atoms with Crippen molar-refractivity contribution in [2.45, 2.75) is 51.6 Å². The standard InChI is InChI=1S/C14H30N2O2/c1-5-17-11-15(3)13-9-7-8-10-14(13)16(4)12-18-6-2/h13-14H,5-12H2,1-4H3. The van der Waals surface area contributed by atoms with E-state index in [9.17, 15) is 0 Å². The largest absolute Gasteiger partial charge is 0.366 e. The van der Waals surface area contributed by atoms with E-state index in [-0.39, 0.29) is 0 Å². The first-order chi connectivity index (χ1) is 8.70. The Morgan fingerprint density at radius 2 is 1.22 bits per heavy atom. The highest BCUT2D eigenvalue weighted by Crippen LogP contribution is 2.25. The first-order valence-electron chi connectivity index (χ1n) is 7.26. The lowest BCUT2D eigenvalue weighted by atomic mass is 9.89.